The summed E-state index contributed by atoms with van der Waals surface area (Å²) in [6.45, 7) is 8.55. The average molecular weight is 388 g/mol. The molecule has 0 amide bonds. The quantitative estimate of drug-likeness (QED) is 0.743. The van der Waals surface area contributed by atoms with E-state index in [9.17, 15) is 5.26 Å². The molecule has 0 radical (unpaired) electrons. The fraction of sp³-hybridized carbons (Fsp3) is 0.500. The second-order valence-corrected chi connectivity index (χ2v) is 8.93. The second-order valence-electron chi connectivity index (χ2n) is 8.93. The van der Waals surface area contributed by atoms with Gasteiger partial charge in [-0.3, -0.25) is 9.58 Å². The largest absolute Gasteiger partial charge is 0.378 e. The molecule has 3 fully saturated rings. The lowest BCUT2D eigenvalue weighted by Gasteiger charge is -2.35. The number of H-pyrrole nitrogens is 1. The van der Waals surface area contributed by atoms with E-state index in [4.69, 9.17) is 9.84 Å². The van der Waals surface area contributed by atoms with E-state index in [2.05, 4.69) is 45.5 Å². The van der Waals surface area contributed by atoms with Crippen LogP contribution in [0.25, 0.3) is 22.3 Å². The SMILES string of the molecule is CC(C)n1nc(-c2cnc3[nH]cc(C#N)c3c2)cc1[C@@H]1[C@@H]2CN(C3COC3)C[C@@H]21. The van der Waals surface area contributed by atoms with Gasteiger partial charge in [0.15, 0.2) is 0 Å². The van der Waals surface area contributed by atoms with Crippen LogP contribution in [0.2, 0.25) is 0 Å². The van der Waals surface area contributed by atoms with E-state index in [1.165, 1.54) is 18.8 Å². The summed E-state index contributed by atoms with van der Waals surface area (Å²) < 4.78 is 7.56. The maximum atomic E-state index is 9.33. The number of fused-ring (bicyclic) bond motifs is 2. The van der Waals surface area contributed by atoms with Crippen LogP contribution < -0.4 is 0 Å². The predicted octanol–water partition coefficient (Wildman–Crippen LogP) is 2.92. The van der Waals surface area contributed by atoms with Crippen molar-refractivity contribution in [3.8, 4) is 17.3 Å². The van der Waals surface area contributed by atoms with Crippen molar-refractivity contribution in [2.75, 3.05) is 26.3 Å². The monoisotopic (exact) mass is 388 g/mol. The average Bonchev–Trinajstić information content (AvgIpc) is 3.10. The molecule has 3 aromatic rings. The highest BCUT2D eigenvalue weighted by atomic mass is 16.5. The van der Waals surface area contributed by atoms with Gasteiger partial charge in [0.25, 0.3) is 0 Å². The van der Waals surface area contributed by atoms with Crippen LogP contribution in [0.1, 0.15) is 37.1 Å². The first-order valence-electron chi connectivity index (χ1n) is 10.4. The molecule has 0 aromatic carbocycles. The van der Waals surface area contributed by atoms with Gasteiger partial charge in [-0.25, -0.2) is 4.98 Å². The molecule has 6 rings (SSSR count). The highest BCUT2D eigenvalue weighted by molar-refractivity contribution is 5.86. The Kier molecular flexibility index (Phi) is 3.65. The Morgan fingerprint density at radius 2 is 2.03 bits per heavy atom. The molecule has 3 aliphatic rings. The van der Waals surface area contributed by atoms with Crippen LogP contribution in [0.5, 0.6) is 0 Å². The van der Waals surface area contributed by atoms with Gasteiger partial charge in [0, 0.05) is 54.1 Å². The first-order valence-corrected chi connectivity index (χ1v) is 10.4. The van der Waals surface area contributed by atoms with E-state index >= 15 is 0 Å². The third-order valence-electron chi connectivity index (χ3n) is 6.90. The van der Waals surface area contributed by atoms with Gasteiger partial charge in [-0.1, -0.05) is 0 Å². The van der Waals surface area contributed by atoms with Gasteiger partial charge in [-0.2, -0.15) is 10.4 Å². The third kappa shape index (κ3) is 2.56. The van der Waals surface area contributed by atoms with Gasteiger partial charge in [0.1, 0.15) is 11.7 Å². The van der Waals surface area contributed by atoms with Crippen LogP contribution in [0.3, 0.4) is 0 Å². The number of nitrogens with one attached hydrogen (secondary N) is 1. The molecule has 1 saturated carbocycles. The molecular formula is C22H24N6O. The van der Waals surface area contributed by atoms with E-state index in [-0.39, 0.29) is 0 Å². The molecule has 0 bridgehead atoms. The number of aromatic amines is 1. The maximum Gasteiger partial charge on any atom is 0.138 e. The number of ether oxygens (including phenoxy) is 1. The summed E-state index contributed by atoms with van der Waals surface area (Å²) in [6, 6.07) is 7.47. The first kappa shape index (κ1) is 17.2. The Morgan fingerprint density at radius 1 is 1.24 bits per heavy atom. The lowest BCUT2D eigenvalue weighted by Crippen LogP contribution is -2.48. The van der Waals surface area contributed by atoms with Crippen molar-refractivity contribution in [3.63, 3.8) is 0 Å². The zero-order valence-electron chi connectivity index (χ0n) is 16.7. The molecule has 7 nitrogen and oxygen atoms in total. The van der Waals surface area contributed by atoms with E-state index in [0.29, 0.717) is 23.6 Å². The Bertz CT molecular complexity index is 1120. The van der Waals surface area contributed by atoms with Crippen LogP contribution in [0, 0.1) is 23.2 Å². The standard InChI is InChI=1S/C22H24N6O/c1-12(2)28-20(21-17-8-27(9-18(17)21)15-10-29-11-15)4-19(26-28)13-3-16-14(5-23)7-25-22(16)24-6-13/h3-4,6-7,12,15,17-18,21H,8-11H2,1-2H3,(H,24,25)/t17-,18+,21-. The highest BCUT2D eigenvalue weighted by Crippen LogP contribution is 2.59. The molecule has 3 aromatic heterocycles. The molecule has 2 saturated heterocycles. The molecule has 3 atom stereocenters. The first-order chi connectivity index (χ1) is 14.1. The Labute approximate surface area is 169 Å². The summed E-state index contributed by atoms with van der Waals surface area (Å²) in [7, 11) is 0. The zero-order chi connectivity index (χ0) is 19.7. The maximum absolute atomic E-state index is 9.33. The number of rotatable bonds is 4. The van der Waals surface area contributed by atoms with E-state index in [1.54, 1.807) is 6.20 Å². The van der Waals surface area contributed by atoms with E-state index in [0.717, 1.165) is 47.3 Å². The van der Waals surface area contributed by atoms with Crippen LogP contribution >= 0.6 is 0 Å². The van der Waals surface area contributed by atoms with Gasteiger partial charge >= 0.3 is 0 Å². The number of pyridine rings is 1. The minimum atomic E-state index is 0.315. The van der Waals surface area contributed by atoms with Crippen molar-refractivity contribution in [2.45, 2.75) is 31.8 Å². The Morgan fingerprint density at radius 3 is 2.69 bits per heavy atom. The Hall–Kier alpha value is -2.69. The molecule has 1 N–H and O–H groups in total. The fourth-order valence-electron chi connectivity index (χ4n) is 5.18. The van der Waals surface area contributed by atoms with Crippen molar-refractivity contribution in [2.24, 2.45) is 11.8 Å². The number of hydrogen-bond acceptors (Lipinski definition) is 5. The molecule has 5 heterocycles. The van der Waals surface area contributed by atoms with Gasteiger partial charge in [-0.05, 0) is 37.8 Å². The molecule has 148 valence electrons. The van der Waals surface area contributed by atoms with Crippen LogP contribution in [-0.2, 0) is 4.74 Å². The molecule has 0 spiro atoms. The number of hydrogen-bond donors (Lipinski definition) is 1. The number of piperidine rings is 1. The third-order valence-corrected chi connectivity index (χ3v) is 6.90. The molecule has 1 aliphatic carbocycles. The topological polar surface area (TPSA) is 82.8 Å². The molecule has 2 aliphatic heterocycles. The van der Waals surface area contributed by atoms with Gasteiger partial charge in [0.05, 0.1) is 30.5 Å². The van der Waals surface area contributed by atoms with Crippen molar-refractivity contribution >= 4 is 11.0 Å². The summed E-state index contributed by atoms with van der Waals surface area (Å²) in [6.07, 6.45) is 3.56. The molecule has 29 heavy (non-hydrogen) atoms. The summed E-state index contributed by atoms with van der Waals surface area (Å²) in [4.78, 5) is 10.2. The van der Waals surface area contributed by atoms with Crippen molar-refractivity contribution in [1.29, 1.82) is 5.26 Å². The molecule has 0 unspecified atom stereocenters. The van der Waals surface area contributed by atoms with E-state index in [1.807, 2.05) is 12.3 Å². The number of nitrogens with zero attached hydrogens (tertiary/aromatic N) is 5. The Balaban J connectivity index is 1.32. The second kappa shape index (κ2) is 6.15. The van der Waals surface area contributed by atoms with Gasteiger partial charge in [0.2, 0.25) is 0 Å². The van der Waals surface area contributed by atoms with Crippen LogP contribution in [-0.4, -0.2) is 57.0 Å². The van der Waals surface area contributed by atoms with Gasteiger partial charge in [-0.15, -0.1) is 0 Å². The van der Waals surface area contributed by atoms with Crippen LogP contribution in [0.15, 0.2) is 24.5 Å². The fourth-order valence-corrected chi connectivity index (χ4v) is 5.18. The van der Waals surface area contributed by atoms with Crippen LogP contribution in [0.4, 0.5) is 0 Å². The summed E-state index contributed by atoms with van der Waals surface area (Å²) >= 11 is 0. The van der Waals surface area contributed by atoms with Crippen molar-refractivity contribution in [1.82, 2.24) is 24.6 Å². The number of nitriles is 1. The molecule has 7 heteroatoms. The van der Waals surface area contributed by atoms with E-state index < -0.39 is 0 Å². The zero-order valence-corrected chi connectivity index (χ0v) is 16.7. The summed E-state index contributed by atoms with van der Waals surface area (Å²) in [5, 5.41) is 15.1. The van der Waals surface area contributed by atoms with Crippen molar-refractivity contribution < 1.29 is 4.74 Å². The minimum absolute atomic E-state index is 0.315. The summed E-state index contributed by atoms with van der Waals surface area (Å²) in [5.74, 6) is 2.09. The number of likely N-dealkylation sites (tertiary alicyclic amines) is 1. The normalized spacial score (nSPS) is 26.6. The lowest BCUT2D eigenvalue weighted by molar-refractivity contribution is -0.0610. The lowest BCUT2D eigenvalue weighted by atomic mass is 10.1. The van der Waals surface area contributed by atoms with Gasteiger partial charge < -0.3 is 9.72 Å². The smallest absolute Gasteiger partial charge is 0.138 e. The number of aromatic nitrogens is 4. The van der Waals surface area contributed by atoms with Crippen molar-refractivity contribution in [3.05, 3.63) is 35.8 Å². The molecular weight excluding hydrogens is 364 g/mol. The highest BCUT2D eigenvalue weighted by Gasteiger charge is 2.58. The minimum Gasteiger partial charge on any atom is -0.378 e. The summed E-state index contributed by atoms with van der Waals surface area (Å²) in [5.41, 5.74) is 4.63. The predicted molar refractivity (Wildman–Crippen MR) is 108 cm³/mol.